The van der Waals surface area contributed by atoms with Crippen LogP contribution in [0.4, 0.5) is 10.5 Å². The zero-order valence-corrected chi connectivity index (χ0v) is 22.9. The van der Waals surface area contributed by atoms with E-state index < -0.39 is 16.1 Å². The Bertz CT molecular complexity index is 1430. The minimum absolute atomic E-state index is 0.0301. The Kier molecular flexibility index (Phi) is 8.36. The van der Waals surface area contributed by atoms with E-state index in [4.69, 9.17) is 4.84 Å². The van der Waals surface area contributed by atoms with E-state index in [0.29, 0.717) is 21.7 Å². The summed E-state index contributed by atoms with van der Waals surface area (Å²) in [6, 6.07) is 13.2. The van der Waals surface area contributed by atoms with Gasteiger partial charge in [0.25, 0.3) is 15.9 Å². The number of hydrogen-bond donors (Lipinski definition) is 1. The summed E-state index contributed by atoms with van der Waals surface area (Å²) in [6.07, 6.45) is 0.144. The van der Waals surface area contributed by atoms with Crippen molar-refractivity contribution in [1.29, 1.82) is 0 Å². The van der Waals surface area contributed by atoms with Crippen molar-refractivity contribution in [3.8, 4) is 21.6 Å². The molecule has 1 aromatic heterocycles. The third-order valence-corrected chi connectivity index (χ3v) is 8.13. The fourth-order valence-corrected chi connectivity index (χ4v) is 5.69. The van der Waals surface area contributed by atoms with Gasteiger partial charge in [-0.15, -0.1) is 15.7 Å². The molecule has 0 aliphatic rings. The SMILES string of the molecule is CON(C)C(=O)c1sc(-c2ccc(N(C)C(=O)O)cc2)c(C)c1-c1ccc(S(=O)(=O)N=CN(C)C)cc1. The number of carboxylic acid groups (broad SMARTS) is 1. The molecule has 12 heteroatoms. The van der Waals surface area contributed by atoms with Crippen LogP contribution < -0.4 is 4.90 Å². The summed E-state index contributed by atoms with van der Waals surface area (Å²) < 4.78 is 28.7. The van der Waals surface area contributed by atoms with E-state index in [1.165, 1.54) is 55.9 Å². The van der Waals surface area contributed by atoms with Gasteiger partial charge in [0.2, 0.25) is 0 Å². The van der Waals surface area contributed by atoms with E-state index >= 15 is 0 Å². The highest BCUT2D eigenvalue weighted by atomic mass is 32.2. The van der Waals surface area contributed by atoms with Gasteiger partial charge in [-0.1, -0.05) is 24.3 Å². The summed E-state index contributed by atoms with van der Waals surface area (Å²) in [5, 5.41) is 10.3. The molecule has 1 heterocycles. The van der Waals surface area contributed by atoms with Crippen LogP contribution in [-0.2, 0) is 14.9 Å². The first-order valence-electron chi connectivity index (χ1n) is 11.0. The van der Waals surface area contributed by atoms with Crippen molar-refractivity contribution in [1.82, 2.24) is 9.96 Å². The second kappa shape index (κ2) is 11.1. The molecule has 1 N–H and O–H groups in total. The Morgan fingerprint density at radius 2 is 1.54 bits per heavy atom. The lowest BCUT2D eigenvalue weighted by Gasteiger charge is -2.14. The Morgan fingerprint density at radius 1 is 0.973 bits per heavy atom. The quantitative estimate of drug-likeness (QED) is 0.253. The zero-order valence-electron chi connectivity index (χ0n) is 21.3. The number of hydroxylamine groups is 2. The van der Waals surface area contributed by atoms with Gasteiger partial charge in [-0.2, -0.15) is 8.42 Å². The van der Waals surface area contributed by atoms with Gasteiger partial charge in [-0.05, 0) is 47.9 Å². The molecule has 0 atom stereocenters. The van der Waals surface area contributed by atoms with Gasteiger partial charge < -0.3 is 10.0 Å². The van der Waals surface area contributed by atoms with Crippen molar-refractivity contribution in [2.75, 3.05) is 40.2 Å². The highest BCUT2D eigenvalue weighted by molar-refractivity contribution is 7.90. The van der Waals surface area contributed by atoms with E-state index in [-0.39, 0.29) is 10.8 Å². The molecule has 196 valence electrons. The third-order valence-electron chi connectivity index (χ3n) is 5.56. The molecule has 0 radical (unpaired) electrons. The summed E-state index contributed by atoms with van der Waals surface area (Å²) in [4.78, 5) is 33.5. The van der Waals surface area contributed by atoms with Crippen molar-refractivity contribution in [2.24, 2.45) is 4.40 Å². The number of anilines is 1. The number of benzene rings is 2. The molecule has 2 aromatic carbocycles. The van der Waals surface area contributed by atoms with E-state index in [1.807, 2.05) is 6.92 Å². The molecular formula is C25H28N4O6S2. The fraction of sp³-hybridized carbons (Fsp3) is 0.240. The number of rotatable bonds is 8. The summed E-state index contributed by atoms with van der Waals surface area (Å²) in [5.41, 5.74) is 3.45. The van der Waals surface area contributed by atoms with Gasteiger partial charge in [0.1, 0.15) is 11.2 Å². The van der Waals surface area contributed by atoms with Crippen LogP contribution in [0.3, 0.4) is 0 Å². The molecule has 0 aliphatic heterocycles. The van der Waals surface area contributed by atoms with Crippen LogP contribution in [0.1, 0.15) is 15.2 Å². The Morgan fingerprint density at radius 3 is 2.05 bits per heavy atom. The summed E-state index contributed by atoms with van der Waals surface area (Å²) >= 11 is 1.28. The first-order chi connectivity index (χ1) is 17.4. The topological polar surface area (TPSA) is 120 Å². The van der Waals surface area contributed by atoms with Crippen LogP contribution in [0.25, 0.3) is 21.6 Å². The van der Waals surface area contributed by atoms with Crippen LogP contribution >= 0.6 is 11.3 Å². The van der Waals surface area contributed by atoms with Crippen LogP contribution in [-0.4, -0.2) is 77.1 Å². The number of carbonyl (C=O) groups excluding carboxylic acids is 1. The van der Waals surface area contributed by atoms with Gasteiger partial charge >= 0.3 is 6.09 Å². The molecule has 0 saturated carbocycles. The highest BCUT2D eigenvalue weighted by Gasteiger charge is 2.25. The molecule has 0 bridgehead atoms. The number of thiophene rings is 1. The summed E-state index contributed by atoms with van der Waals surface area (Å²) in [6.45, 7) is 1.88. The molecule has 3 rings (SSSR count). The lowest BCUT2D eigenvalue weighted by atomic mass is 9.98. The molecule has 0 unspecified atom stereocenters. The number of amides is 2. The van der Waals surface area contributed by atoms with Crippen LogP contribution in [0.2, 0.25) is 0 Å². The maximum absolute atomic E-state index is 13.2. The maximum atomic E-state index is 13.2. The molecule has 3 aromatic rings. The lowest BCUT2D eigenvalue weighted by molar-refractivity contribution is -0.0753. The second-order valence-corrected chi connectivity index (χ2v) is 11.0. The van der Waals surface area contributed by atoms with Gasteiger partial charge in [-0.25, -0.2) is 9.86 Å². The van der Waals surface area contributed by atoms with Crippen molar-refractivity contribution in [3.05, 3.63) is 59.0 Å². The van der Waals surface area contributed by atoms with Crippen molar-refractivity contribution in [2.45, 2.75) is 11.8 Å². The number of sulfonamides is 1. The molecule has 0 fully saturated rings. The smallest absolute Gasteiger partial charge is 0.411 e. The first-order valence-corrected chi connectivity index (χ1v) is 13.2. The minimum Gasteiger partial charge on any atom is -0.465 e. The first kappa shape index (κ1) is 27.8. The predicted molar refractivity (Wildman–Crippen MR) is 145 cm³/mol. The largest absolute Gasteiger partial charge is 0.465 e. The summed E-state index contributed by atoms with van der Waals surface area (Å²) in [7, 11) is 3.83. The van der Waals surface area contributed by atoms with E-state index in [1.54, 1.807) is 50.5 Å². The predicted octanol–water partition coefficient (Wildman–Crippen LogP) is 4.42. The third kappa shape index (κ3) is 5.98. The van der Waals surface area contributed by atoms with Crippen LogP contribution in [0.5, 0.6) is 0 Å². The monoisotopic (exact) mass is 544 g/mol. The van der Waals surface area contributed by atoms with Gasteiger partial charge in [0, 0.05) is 44.3 Å². The lowest BCUT2D eigenvalue weighted by Crippen LogP contribution is -2.25. The molecule has 37 heavy (non-hydrogen) atoms. The molecule has 0 saturated heterocycles. The molecular weight excluding hydrogens is 516 g/mol. The van der Waals surface area contributed by atoms with Gasteiger partial charge in [0.15, 0.2) is 0 Å². The number of nitrogens with zero attached hydrogens (tertiary/aromatic N) is 4. The van der Waals surface area contributed by atoms with Crippen molar-refractivity contribution >= 4 is 45.4 Å². The Balaban J connectivity index is 2.11. The fourth-order valence-electron chi connectivity index (χ4n) is 3.47. The molecule has 0 spiro atoms. The average molecular weight is 545 g/mol. The summed E-state index contributed by atoms with van der Waals surface area (Å²) in [5.74, 6) is -0.355. The normalized spacial score (nSPS) is 11.5. The second-order valence-electron chi connectivity index (χ2n) is 8.32. The highest BCUT2D eigenvalue weighted by Crippen LogP contribution is 2.43. The molecule has 0 aliphatic carbocycles. The van der Waals surface area contributed by atoms with E-state index in [2.05, 4.69) is 4.40 Å². The van der Waals surface area contributed by atoms with E-state index in [0.717, 1.165) is 26.0 Å². The zero-order chi connectivity index (χ0) is 27.5. The number of carbonyl (C=O) groups is 2. The van der Waals surface area contributed by atoms with Crippen LogP contribution in [0, 0.1) is 6.92 Å². The Labute approximate surface area is 220 Å². The number of hydrogen-bond acceptors (Lipinski definition) is 6. The van der Waals surface area contributed by atoms with E-state index in [9.17, 15) is 23.1 Å². The van der Waals surface area contributed by atoms with Gasteiger partial charge in [-0.3, -0.25) is 14.5 Å². The van der Waals surface area contributed by atoms with Crippen LogP contribution in [0.15, 0.2) is 57.8 Å². The standard InChI is InChI=1S/C25H28N4O6S2/c1-16-21(17-9-13-20(14-10-17)37(33,34)26-15-27(2)3)23(24(30)29(5)35-6)36-22(16)18-7-11-19(12-8-18)28(4)25(31)32/h7-15H,1-6H3,(H,31,32). The molecule has 2 amide bonds. The minimum atomic E-state index is -3.87. The molecule has 10 nitrogen and oxygen atoms in total. The Hall–Kier alpha value is -3.74. The maximum Gasteiger partial charge on any atom is 0.411 e. The van der Waals surface area contributed by atoms with Crippen molar-refractivity contribution in [3.63, 3.8) is 0 Å². The average Bonchev–Trinajstić information content (AvgIpc) is 3.23. The van der Waals surface area contributed by atoms with Crippen molar-refractivity contribution < 1.29 is 28.0 Å². The van der Waals surface area contributed by atoms with Gasteiger partial charge in [0.05, 0.1) is 12.0 Å².